The predicted octanol–water partition coefficient (Wildman–Crippen LogP) is 3.07. The molecule has 2 aromatic rings. The van der Waals surface area contributed by atoms with Gasteiger partial charge in [-0.15, -0.1) is 0 Å². The standard InChI is InChI=1S/C14H13N3O/c1-9-4-5-13(6-10(9)2)18-14-16-11(3)7-12(8-15)17-14/h4-7H,1-3H3. The molecule has 0 N–H and O–H groups in total. The zero-order valence-electron chi connectivity index (χ0n) is 10.6. The van der Waals surface area contributed by atoms with E-state index in [0.717, 1.165) is 5.56 Å². The van der Waals surface area contributed by atoms with Gasteiger partial charge in [-0.3, -0.25) is 0 Å². The smallest absolute Gasteiger partial charge is 0.323 e. The molecular weight excluding hydrogens is 226 g/mol. The van der Waals surface area contributed by atoms with Crippen LogP contribution in [-0.2, 0) is 0 Å². The van der Waals surface area contributed by atoms with Crippen molar-refractivity contribution in [2.24, 2.45) is 0 Å². The summed E-state index contributed by atoms with van der Waals surface area (Å²) in [6.07, 6.45) is 0. The van der Waals surface area contributed by atoms with E-state index in [2.05, 4.69) is 9.97 Å². The molecule has 0 atom stereocenters. The summed E-state index contributed by atoms with van der Waals surface area (Å²) in [6.45, 7) is 5.85. The summed E-state index contributed by atoms with van der Waals surface area (Å²) in [6, 6.07) is 9.57. The van der Waals surface area contributed by atoms with Crippen LogP contribution in [0.25, 0.3) is 0 Å². The lowest BCUT2D eigenvalue weighted by molar-refractivity contribution is 0.439. The van der Waals surface area contributed by atoms with Gasteiger partial charge in [0.2, 0.25) is 0 Å². The van der Waals surface area contributed by atoms with Crippen molar-refractivity contribution in [2.75, 3.05) is 0 Å². The Labute approximate surface area is 106 Å². The maximum atomic E-state index is 8.84. The average Bonchev–Trinajstić information content (AvgIpc) is 2.33. The Balaban J connectivity index is 2.31. The van der Waals surface area contributed by atoms with Crippen LogP contribution in [0.5, 0.6) is 11.8 Å². The lowest BCUT2D eigenvalue weighted by atomic mass is 10.1. The predicted molar refractivity (Wildman–Crippen MR) is 67.5 cm³/mol. The number of aromatic nitrogens is 2. The quantitative estimate of drug-likeness (QED) is 0.808. The van der Waals surface area contributed by atoms with Crippen molar-refractivity contribution in [2.45, 2.75) is 20.8 Å². The fourth-order valence-corrected chi connectivity index (χ4v) is 1.53. The summed E-state index contributed by atoms with van der Waals surface area (Å²) in [5.41, 5.74) is 3.35. The molecule has 90 valence electrons. The third kappa shape index (κ3) is 2.64. The average molecular weight is 239 g/mol. The molecular formula is C14H13N3O. The van der Waals surface area contributed by atoms with E-state index in [0.29, 0.717) is 17.1 Å². The van der Waals surface area contributed by atoms with Crippen LogP contribution in [0.1, 0.15) is 22.5 Å². The first-order chi connectivity index (χ1) is 8.58. The number of hydrogen-bond acceptors (Lipinski definition) is 4. The van der Waals surface area contributed by atoms with E-state index < -0.39 is 0 Å². The molecule has 4 nitrogen and oxygen atoms in total. The Morgan fingerprint density at radius 1 is 1.06 bits per heavy atom. The van der Waals surface area contributed by atoms with Crippen LogP contribution in [0.2, 0.25) is 0 Å². The zero-order chi connectivity index (χ0) is 13.1. The van der Waals surface area contributed by atoms with Gasteiger partial charge in [-0.1, -0.05) is 6.07 Å². The molecule has 0 amide bonds. The minimum absolute atomic E-state index is 0.204. The molecule has 0 spiro atoms. The van der Waals surface area contributed by atoms with Gasteiger partial charge in [-0.05, 0) is 50.1 Å². The molecule has 0 aliphatic rings. The number of ether oxygens (including phenoxy) is 1. The summed E-state index contributed by atoms with van der Waals surface area (Å²) >= 11 is 0. The van der Waals surface area contributed by atoms with Crippen molar-refractivity contribution in [1.29, 1.82) is 5.26 Å². The molecule has 0 saturated carbocycles. The zero-order valence-corrected chi connectivity index (χ0v) is 10.6. The Hall–Kier alpha value is -2.41. The van der Waals surface area contributed by atoms with Gasteiger partial charge in [0.05, 0.1) is 0 Å². The number of benzene rings is 1. The van der Waals surface area contributed by atoms with Crippen molar-refractivity contribution in [3.05, 3.63) is 46.8 Å². The van der Waals surface area contributed by atoms with E-state index in [-0.39, 0.29) is 6.01 Å². The van der Waals surface area contributed by atoms with E-state index in [1.807, 2.05) is 38.1 Å². The maximum Gasteiger partial charge on any atom is 0.323 e. The Morgan fingerprint density at radius 2 is 1.83 bits per heavy atom. The molecule has 1 aromatic carbocycles. The highest BCUT2D eigenvalue weighted by Crippen LogP contribution is 2.21. The minimum Gasteiger partial charge on any atom is -0.424 e. The van der Waals surface area contributed by atoms with E-state index in [1.165, 1.54) is 5.56 Å². The number of nitrogens with zero attached hydrogens (tertiary/aromatic N) is 3. The second-order valence-corrected chi connectivity index (χ2v) is 4.14. The highest BCUT2D eigenvalue weighted by molar-refractivity contribution is 5.35. The molecule has 0 saturated heterocycles. The van der Waals surface area contributed by atoms with E-state index in [1.54, 1.807) is 13.0 Å². The molecule has 0 aliphatic carbocycles. The Bertz CT molecular complexity index is 629. The van der Waals surface area contributed by atoms with Crippen molar-refractivity contribution >= 4 is 0 Å². The second kappa shape index (κ2) is 4.84. The molecule has 2 rings (SSSR count). The second-order valence-electron chi connectivity index (χ2n) is 4.14. The molecule has 0 aliphatic heterocycles. The van der Waals surface area contributed by atoms with Crippen LogP contribution in [0.15, 0.2) is 24.3 Å². The topological polar surface area (TPSA) is 58.8 Å². The number of nitriles is 1. The summed E-state index contributed by atoms with van der Waals surface area (Å²) in [5, 5.41) is 8.84. The van der Waals surface area contributed by atoms with Crippen molar-refractivity contribution < 1.29 is 4.74 Å². The van der Waals surface area contributed by atoms with E-state index in [4.69, 9.17) is 10.00 Å². The molecule has 0 unspecified atom stereocenters. The van der Waals surface area contributed by atoms with Crippen molar-refractivity contribution in [1.82, 2.24) is 9.97 Å². The van der Waals surface area contributed by atoms with Gasteiger partial charge in [0.15, 0.2) is 0 Å². The highest BCUT2D eigenvalue weighted by atomic mass is 16.5. The molecule has 1 aromatic heterocycles. The fraction of sp³-hybridized carbons (Fsp3) is 0.214. The van der Waals surface area contributed by atoms with Crippen LogP contribution in [0.3, 0.4) is 0 Å². The molecule has 0 fully saturated rings. The normalized spacial score (nSPS) is 9.89. The third-order valence-corrected chi connectivity index (χ3v) is 2.64. The van der Waals surface area contributed by atoms with Gasteiger partial charge in [0.1, 0.15) is 17.5 Å². The summed E-state index contributed by atoms with van der Waals surface area (Å²) in [4.78, 5) is 8.15. The molecule has 18 heavy (non-hydrogen) atoms. The van der Waals surface area contributed by atoms with Crippen LogP contribution in [0, 0.1) is 32.1 Å². The van der Waals surface area contributed by atoms with Crippen LogP contribution in [0.4, 0.5) is 0 Å². The SMILES string of the molecule is Cc1cc(C#N)nc(Oc2ccc(C)c(C)c2)n1. The van der Waals surface area contributed by atoms with Gasteiger partial charge in [0, 0.05) is 5.69 Å². The van der Waals surface area contributed by atoms with E-state index in [9.17, 15) is 0 Å². The van der Waals surface area contributed by atoms with Gasteiger partial charge < -0.3 is 4.74 Å². The first-order valence-corrected chi connectivity index (χ1v) is 5.59. The first kappa shape index (κ1) is 12.1. The number of rotatable bonds is 2. The highest BCUT2D eigenvalue weighted by Gasteiger charge is 2.05. The van der Waals surface area contributed by atoms with Crippen LogP contribution >= 0.6 is 0 Å². The summed E-state index contributed by atoms with van der Waals surface area (Å²) in [5.74, 6) is 0.674. The molecule has 0 radical (unpaired) electrons. The van der Waals surface area contributed by atoms with Crippen molar-refractivity contribution in [3.63, 3.8) is 0 Å². The van der Waals surface area contributed by atoms with Gasteiger partial charge in [0.25, 0.3) is 0 Å². The van der Waals surface area contributed by atoms with Crippen LogP contribution in [-0.4, -0.2) is 9.97 Å². The lowest BCUT2D eigenvalue weighted by Gasteiger charge is -2.06. The number of aryl methyl sites for hydroxylation is 3. The first-order valence-electron chi connectivity index (χ1n) is 5.59. The minimum atomic E-state index is 0.204. The van der Waals surface area contributed by atoms with Gasteiger partial charge in [-0.25, -0.2) is 4.98 Å². The van der Waals surface area contributed by atoms with E-state index >= 15 is 0 Å². The molecule has 0 bridgehead atoms. The third-order valence-electron chi connectivity index (χ3n) is 2.64. The molecule has 4 heteroatoms. The Kier molecular flexibility index (Phi) is 3.24. The molecule has 1 heterocycles. The largest absolute Gasteiger partial charge is 0.424 e. The summed E-state index contributed by atoms with van der Waals surface area (Å²) < 4.78 is 5.56. The number of hydrogen-bond donors (Lipinski definition) is 0. The van der Waals surface area contributed by atoms with Gasteiger partial charge in [-0.2, -0.15) is 10.2 Å². The Morgan fingerprint density at radius 3 is 2.50 bits per heavy atom. The van der Waals surface area contributed by atoms with Crippen molar-refractivity contribution in [3.8, 4) is 17.8 Å². The lowest BCUT2D eigenvalue weighted by Crippen LogP contribution is -1.96. The van der Waals surface area contributed by atoms with Gasteiger partial charge >= 0.3 is 6.01 Å². The summed E-state index contributed by atoms with van der Waals surface area (Å²) in [7, 11) is 0. The maximum absolute atomic E-state index is 8.84. The van der Waals surface area contributed by atoms with Crippen LogP contribution < -0.4 is 4.74 Å². The fourth-order valence-electron chi connectivity index (χ4n) is 1.53. The monoisotopic (exact) mass is 239 g/mol.